The Morgan fingerprint density at radius 1 is 1.53 bits per heavy atom. The third kappa shape index (κ3) is 2.39. The number of hydrogen-bond acceptors (Lipinski definition) is 3. The molecular weight excluding hydrogens is 218 g/mol. The van der Waals surface area contributed by atoms with Crippen LogP contribution in [0.4, 0.5) is 0 Å². The van der Waals surface area contributed by atoms with Gasteiger partial charge in [0.1, 0.15) is 5.69 Å². The topological polar surface area (TPSA) is 68.0 Å². The summed E-state index contributed by atoms with van der Waals surface area (Å²) in [5.41, 5.74) is 1.41. The molecule has 1 N–H and O–H groups in total. The number of nitrogens with zero attached hydrogens (tertiary/aromatic N) is 3. The van der Waals surface area contributed by atoms with Crippen molar-refractivity contribution in [2.45, 2.75) is 6.54 Å². The maximum absolute atomic E-state index is 10.8. The fourth-order valence-corrected chi connectivity index (χ4v) is 1.44. The van der Waals surface area contributed by atoms with Crippen LogP contribution in [0.15, 0.2) is 43.2 Å². The Balaban J connectivity index is 2.35. The molecule has 5 heteroatoms. The van der Waals surface area contributed by atoms with E-state index >= 15 is 0 Å². The first kappa shape index (κ1) is 11.1. The number of aromatic nitrogens is 3. The second-order valence-corrected chi connectivity index (χ2v) is 3.45. The molecule has 2 rings (SSSR count). The summed E-state index contributed by atoms with van der Waals surface area (Å²) in [7, 11) is 0. The van der Waals surface area contributed by atoms with Gasteiger partial charge in [-0.1, -0.05) is 12.1 Å². The second-order valence-electron chi connectivity index (χ2n) is 3.45. The van der Waals surface area contributed by atoms with Crippen LogP contribution in [0, 0.1) is 0 Å². The fraction of sp³-hybridized carbons (Fsp3) is 0.0833. The average molecular weight is 229 g/mol. The van der Waals surface area contributed by atoms with Crippen molar-refractivity contribution in [2.24, 2.45) is 0 Å². The molecule has 0 spiro atoms. The van der Waals surface area contributed by atoms with E-state index in [0.29, 0.717) is 12.2 Å². The Labute approximate surface area is 98.0 Å². The number of carboxylic acids is 1. The molecule has 0 atom stereocenters. The number of aromatic carboxylic acids is 1. The average Bonchev–Trinajstić information content (AvgIpc) is 2.78. The minimum Gasteiger partial charge on any atom is -0.477 e. The molecule has 0 saturated heterocycles. The van der Waals surface area contributed by atoms with Gasteiger partial charge in [-0.2, -0.15) is 5.10 Å². The van der Waals surface area contributed by atoms with Crippen LogP contribution in [-0.4, -0.2) is 25.8 Å². The molecular formula is C12H11N3O2. The van der Waals surface area contributed by atoms with Gasteiger partial charge in [-0.05, 0) is 12.1 Å². The molecule has 0 aliphatic rings. The number of carboxylic acid groups (broad SMARTS) is 1. The van der Waals surface area contributed by atoms with Gasteiger partial charge in [-0.25, -0.2) is 9.78 Å². The highest BCUT2D eigenvalue weighted by atomic mass is 16.4. The van der Waals surface area contributed by atoms with Gasteiger partial charge in [-0.15, -0.1) is 6.58 Å². The molecule has 2 heterocycles. The summed E-state index contributed by atoms with van der Waals surface area (Å²) in [4.78, 5) is 14.8. The minimum absolute atomic E-state index is 0.0268. The Hall–Kier alpha value is -2.43. The van der Waals surface area contributed by atoms with Crippen LogP contribution < -0.4 is 0 Å². The number of carbonyl (C=O) groups is 1. The van der Waals surface area contributed by atoms with Gasteiger partial charge in [0.2, 0.25) is 0 Å². The van der Waals surface area contributed by atoms with E-state index in [1.54, 1.807) is 35.3 Å². The molecule has 5 nitrogen and oxygen atoms in total. The summed E-state index contributed by atoms with van der Waals surface area (Å²) in [5.74, 6) is -1.04. The van der Waals surface area contributed by atoms with Crippen molar-refractivity contribution in [2.75, 3.05) is 0 Å². The lowest BCUT2D eigenvalue weighted by atomic mass is 10.2. The molecule has 0 amide bonds. The molecule has 2 aromatic heterocycles. The Kier molecular flexibility index (Phi) is 3.00. The molecule has 0 unspecified atom stereocenters. The summed E-state index contributed by atoms with van der Waals surface area (Å²) < 4.78 is 1.71. The van der Waals surface area contributed by atoms with E-state index in [1.165, 1.54) is 6.07 Å². The van der Waals surface area contributed by atoms with Crippen LogP contribution in [-0.2, 0) is 6.54 Å². The molecule has 17 heavy (non-hydrogen) atoms. The van der Waals surface area contributed by atoms with E-state index in [-0.39, 0.29) is 5.69 Å². The maximum atomic E-state index is 10.8. The zero-order chi connectivity index (χ0) is 12.3. The van der Waals surface area contributed by atoms with Crippen molar-refractivity contribution < 1.29 is 9.90 Å². The molecule has 0 saturated carbocycles. The second kappa shape index (κ2) is 4.61. The number of pyridine rings is 1. The third-order valence-electron chi connectivity index (χ3n) is 2.21. The number of hydrogen-bond donors (Lipinski definition) is 1. The van der Waals surface area contributed by atoms with E-state index < -0.39 is 5.97 Å². The van der Waals surface area contributed by atoms with Crippen LogP contribution in [0.1, 0.15) is 10.5 Å². The maximum Gasteiger partial charge on any atom is 0.354 e. The molecule has 0 bridgehead atoms. The van der Waals surface area contributed by atoms with Crippen molar-refractivity contribution in [3.05, 3.63) is 48.9 Å². The van der Waals surface area contributed by atoms with E-state index in [9.17, 15) is 4.79 Å². The van der Waals surface area contributed by atoms with Crippen LogP contribution in [0.2, 0.25) is 0 Å². The van der Waals surface area contributed by atoms with Gasteiger partial charge in [0.15, 0.2) is 0 Å². The first-order chi connectivity index (χ1) is 8.20. The molecule has 0 fully saturated rings. The summed E-state index contributed by atoms with van der Waals surface area (Å²) in [6.45, 7) is 4.23. The lowest BCUT2D eigenvalue weighted by Crippen LogP contribution is -2.00. The van der Waals surface area contributed by atoms with Crippen molar-refractivity contribution >= 4 is 5.97 Å². The highest BCUT2D eigenvalue weighted by Gasteiger charge is 2.07. The smallest absolute Gasteiger partial charge is 0.354 e. The summed E-state index contributed by atoms with van der Waals surface area (Å²) >= 11 is 0. The molecule has 86 valence electrons. The molecule has 0 radical (unpaired) electrons. The number of allylic oxidation sites excluding steroid dienone is 1. The Bertz CT molecular complexity index is 560. The van der Waals surface area contributed by atoms with Gasteiger partial charge in [0.05, 0.1) is 18.4 Å². The Morgan fingerprint density at radius 2 is 2.35 bits per heavy atom. The zero-order valence-corrected chi connectivity index (χ0v) is 9.08. The summed E-state index contributed by atoms with van der Waals surface area (Å²) in [5, 5.41) is 13.0. The first-order valence-electron chi connectivity index (χ1n) is 5.05. The summed E-state index contributed by atoms with van der Waals surface area (Å²) in [6.07, 6.45) is 5.19. The lowest BCUT2D eigenvalue weighted by molar-refractivity contribution is 0.0690. The van der Waals surface area contributed by atoms with Gasteiger partial charge in [0.25, 0.3) is 0 Å². The highest BCUT2D eigenvalue weighted by Crippen LogP contribution is 2.16. The molecule has 0 aliphatic carbocycles. The predicted octanol–water partition coefficient (Wildman–Crippen LogP) is 1.83. The first-order valence-corrected chi connectivity index (χ1v) is 5.05. The molecule has 2 aromatic rings. The van der Waals surface area contributed by atoms with Gasteiger partial charge in [-0.3, -0.25) is 4.68 Å². The molecule has 0 aromatic carbocycles. The largest absolute Gasteiger partial charge is 0.477 e. The van der Waals surface area contributed by atoms with Crippen LogP contribution in [0.3, 0.4) is 0 Å². The predicted molar refractivity (Wildman–Crippen MR) is 62.6 cm³/mol. The van der Waals surface area contributed by atoms with Crippen molar-refractivity contribution in [3.63, 3.8) is 0 Å². The van der Waals surface area contributed by atoms with Crippen molar-refractivity contribution in [1.29, 1.82) is 0 Å². The SMILES string of the molecule is C=CCn1cc(-c2cccc(C(=O)O)n2)cn1. The third-order valence-corrected chi connectivity index (χ3v) is 2.21. The monoisotopic (exact) mass is 229 g/mol. The van der Waals surface area contributed by atoms with Crippen molar-refractivity contribution in [1.82, 2.24) is 14.8 Å². The standard InChI is InChI=1S/C12H11N3O2/c1-2-6-15-8-9(7-13-15)10-4-3-5-11(14-10)12(16)17/h2-5,7-8H,1,6H2,(H,16,17). The molecule has 0 aliphatic heterocycles. The normalized spacial score (nSPS) is 10.1. The van der Waals surface area contributed by atoms with Gasteiger partial charge >= 0.3 is 5.97 Å². The Morgan fingerprint density at radius 3 is 3.06 bits per heavy atom. The van der Waals surface area contributed by atoms with E-state index in [4.69, 9.17) is 5.11 Å². The van der Waals surface area contributed by atoms with Crippen molar-refractivity contribution in [3.8, 4) is 11.3 Å². The number of rotatable bonds is 4. The zero-order valence-electron chi connectivity index (χ0n) is 9.08. The minimum atomic E-state index is -1.04. The van der Waals surface area contributed by atoms with Crippen LogP contribution in [0.5, 0.6) is 0 Å². The highest BCUT2D eigenvalue weighted by molar-refractivity contribution is 5.86. The van der Waals surface area contributed by atoms with E-state index in [2.05, 4.69) is 16.7 Å². The van der Waals surface area contributed by atoms with E-state index in [1.807, 2.05) is 0 Å². The quantitative estimate of drug-likeness (QED) is 0.812. The fourth-order valence-electron chi connectivity index (χ4n) is 1.44. The van der Waals surface area contributed by atoms with Gasteiger partial charge in [0, 0.05) is 11.8 Å². The summed E-state index contributed by atoms with van der Waals surface area (Å²) in [6, 6.07) is 4.87. The van der Waals surface area contributed by atoms with Gasteiger partial charge < -0.3 is 5.11 Å². The van der Waals surface area contributed by atoms with Crippen LogP contribution in [0.25, 0.3) is 11.3 Å². The van der Waals surface area contributed by atoms with E-state index in [0.717, 1.165) is 5.56 Å². The van der Waals surface area contributed by atoms with Crippen LogP contribution >= 0.6 is 0 Å². The lowest BCUT2D eigenvalue weighted by Gasteiger charge is -1.98.